The van der Waals surface area contributed by atoms with Crippen LogP contribution in [0.25, 0.3) is 0 Å². The van der Waals surface area contributed by atoms with E-state index in [0.717, 1.165) is 0 Å². The van der Waals surface area contributed by atoms with E-state index in [4.69, 9.17) is 5.73 Å². The molecular formula is C11H17FN2O3S2. The summed E-state index contributed by atoms with van der Waals surface area (Å²) >= 11 is 0. The van der Waals surface area contributed by atoms with Gasteiger partial charge in [-0.25, -0.2) is 17.5 Å². The van der Waals surface area contributed by atoms with E-state index >= 15 is 0 Å². The lowest BCUT2D eigenvalue weighted by molar-refractivity contribution is 0.570. The zero-order valence-corrected chi connectivity index (χ0v) is 12.2. The van der Waals surface area contributed by atoms with Gasteiger partial charge in [-0.15, -0.1) is 0 Å². The van der Waals surface area contributed by atoms with Crippen molar-refractivity contribution in [2.24, 2.45) is 5.73 Å². The van der Waals surface area contributed by atoms with Crippen LogP contribution in [-0.2, 0) is 27.4 Å². The molecule has 0 fully saturated rings. The number of benzene rings is 1. The summed E-state index contributed by atoms with van der Waals surface area (Å²) in [6, 6.07) is 3.80. The van der Waals surface area contributed by atoms with Crippen molar-refractivity contribution in [3.05, 3.63) is 29.6 Å². The smallest absolute Gasteiger partial charge is 0.240 e. The van der Waals surface area contributed by atoms with E-state index in [1.54, 1.807) is 6.26 Å². The first kappa shape index (κ1) is 16.2. The van der Waals surface area contributed by atoms with Crippen molar-refractivity contribution in [2.75, 3.05) is 18.6 Å². The quantitative estimate of drug-likeness (QED) is 0.711. The molecule has 0 bridgehead atoms. The van der Waals surface area contributed by atoms with Gasteiger partial charge in [-0.1, -0.05) is 6.07 Å². The van der Waals surface area contributed by atoms with Crippen LogP contribution in [0.5, 0.6) is 0 Å². The third kappa shape index (κ3) is 4.64. The molecule has 0 aliphatic rings. The van der Waals surface area contributed by atoms with Crippen LogP contribution in [0.15, 0.2) is 23.1 Å². The molecular weight excluding hydrogens is 291 g/mol. The van der Waals surface area contributed by atoms with Crippen molar-refractivity contribution < 1.29 is 17.0 Å². The molecule has 0 saturated heterocycles. The minimum Gasteiger partial charge on any atom is -0.326 e. The van der Waals surface area contributed by atoms with Gasteiger partial charge in [0.1, 0.15) is 5.82 Å². The molecule has 19 heavy (non-hydrogen) atoms. The van der Waals surface area contributed by atoms with Crippen molar-refractivity contribution in [1.29, 1.82) is 0 Å². The lowest BCUT2D eigenvalue weighted by Gasteiger charge is -2.10. The molecule has 0 heterocycles. The van der Waals surface area contributed by atoms with Crippen molar-refractivity contribution in [3.8, 4) is 0 Å². The second-order valence-electron chi connectivity index (χ2n) is 3.95. The lowest BCUT2D eigenvalue weighted by atomic mass is 10.2. The molecule has 0 aromatic heterocycles. The number of rotatable bonds is 7. The summed E-state index contributed by atoms with van der Waals surface area (Å²) in [4.78, 5) is -0.146. The maximum atomic E-state index is 13.5. The number of hydrogen-bond donors (Lipinski definition) is 2. The highest BCUT2D eigenvalue weighted by Gasteiger charge is 2.19. The van der Waals surface area contributed by atoms with Crippen molar-refractivity contribution in [2.45, 2.75) is 17.9 Å². The van der Waals surface area contributed by atoms with Gasteiger partial charge in [-0.2, -0.15) is 0 Å². The van der Waals surface area contributed by atoms with Gasteiger partial charge < -0.3 is 5.73 Å². The summed E-state index contributed by atoms with van der Waals surface area (Å²) < 4.78 is 50.7. The molecule has 0 aliphatic carbocycles. The summed E-state index contributed by atoms with van der Waals surface area (Å²) in [6.07, 6.45) is 2.00. The Morgan fingerprint density at radius 3 is 2.68 bits per heavy atom. The average Bonchev–Trinajstić information content (AvgIpc) is 2.34. The molecule has 0 radical (unpaired) electrons. The van der Waals surface area contributed by atoms with Gasteiger partial charge in [-0.3, -0.25) is 4.21 Å². The molecule has 1 atom stereocenters. The Balaban J connectivity index is 2.83. The van der Waals surface area contributed by atoms with E-state index in [2.05, 4.69) is 4.72 Å². The first-order valence-corrected chi connectivity index (χ1v) is 8.86. The summed E-state index contributed by atoms with van der Waals surface area (Å²) in [5, 5.41) is 0. The summed E-state index contributed by atoms with van der Waals surface area (Å²) in [7, 11) is -4.76. The fourth-order valence-corrected chi connectivity index (χ4v) is 3.43. The second-order valence-corrected chi connectivity index (χ2v) is 7.24. The van der Waals surface area contributed by atoms with E-state index in [-0.39, 0.29) is 23.5 Å². The van der Waals surface area contributed by atoms with Gasteiger partial charge in [0.25, 0.3) is 0 Å². The predicted molar refractivity (Wildman–Crippen MR) is 73.0 cm³/mol. The number of hydrogen-bond acceptors (Lipinski definition) is 4. The first-order valence-electron chi connectivity index (χ1n) is 5.65. The standard InChI is InChI=1S/C11H17FN2O3S2/c1-18(15)7-3-6-14-19(16,17)11-5-2-4-10(12)9(11)8-13/h2,4-5,14H,3,6-8,13H2,1H3. The van der Waals surface area contributed by atoms with Crippen LogP contribution in [0.1, 0.15) is 12.0 Å². The molecule has 5 nitrogen and oxygen atoms in total. The molecule has 0 aliphatic heterocycles. The fraction of sp³-hybridized carbons (Fsp3) is 0.455. The molecule has 1 unspecified atom stereocenters. The van der Waals surface area contributed by atoms with Gasteiger partial charge >= 0.3 is 0 Å². The Bertz CT molecular complexity index is 561. The molecule has 108 valence electrons. The zero-order valence-electron chi connectivity index (χ0n) is 10.6. The average molecular weight is 308 g/mol. The summed E-state index contributed by atoms with van der Waals surface area (Å²) in [5.41, 5.74) is 5.34. The monoisotopic (exact) mass is 308 g/mol. The molecule has 1 aromatic carbocycles. The Hall–Kier alpha value is -0.830. The van der Waals surface area contributed by atoms with E-state index < -0.39 is 26.6 Å². The van der Waals surface area contributed by atoms with E-state index in [1.807, 2.05) is 0 Å². The fourth-order valence-electron chi connectivity index (χ4n) is 1.55. The molecule has 8 heteroatoms. The molecule has 1 aromatic rings. The number of halogens is 1. The zero-order chi connectivity index (χ0) is 14.5. The second kappa shape index (κ2) is 7.09. The summed E-state index contributed by atoms with van der Waals surface area (Å²) in [6.45, 7) is -0.0374. The van der Waals surface area contributed by atoms with Gasteiger partial charge in [0, 0.05) is 41.5 Å². The maximum absolute atomic E-state index is 13.5. The van der Waals surface area contributed by atoms with E-state index in [9.17, 15) is 17.0 Å². The Morgan fingerprint density at radius 1 is 1.42 bits per heavy atom. The largest absolute Gasteiger partial charge is 0.326 e. The SMILES string of the molecule is CS(=O)CCCNS(=O)(=O)c1cccc(F)c1CN. The highest BCUT2D eigenvalue weighted by Crippen LogP contribution is 2.18. The number of nitrogens with one attached hydrogen (secondary N) is 1. The summed E-state index contributed by atoms with van der Waals surface area (Å²) in [5.74, 6) is -0.227. The van der Waals surface area contributed by atoms with E-state index in [1.165, 1.54) is 18.2 Å². The van der Waals surface area contributed by atoms with Crippen LogP contribution in [0.3, 0.4) is 0 Å². The van der Waals surface area contributed by atoms with Crippen molar-refractivity contribution >= 4 is 20.8 Å². The first-order chi connectivity index (χ1) is 8.88. The number of nitrogens with two attached hydrogens (primary N) is 1. The van der Waals surface area contributed by atoms with Gasteiger partial charge in [0.05, 0.1) is 4.90 Å². The Morgan fingerprint density at radius 2 is 2.11 bits per heavy atom. The maximum Gasteiger partial charge on any atom is 0.240 e. The molecule has 3 N–H and O–H groups in total. The third-order valence-electron chi connectivity index (χ3n) is 2.47. The topological polar surface area (TPSA) is 89.3 Å². The van der Waals surface area contributed by atoms with Crippen molar-refractivity contribution in [3.63, 3.8) is 0 Å². The molecule has 0 spiro atoms. The third-order valence-corrected chi connectivity index (χ3v) is 4.88. The lowest BCUT2D eigenvalue weighted by Crippen LogP contribution is -2.27. The van der Waals surface area contributed by atoms with Gasteiger partial charge in [-0.05, 0) is 18.6 Å². The Labute approximate surface area is 114 Å². The number of sulfonamides is 1. The molecule has 1 rings (SSSR count). The molecule has 0 saturated carbocycles. The van der Waals surface area contributed by atoms with Crippen LogP contribution >= 0.6 is 0 Å². The predicted octanol–water partition coefficient (Wildman–Crippen LogP) is 0.331. The highest BCUT2D eigenvalue weighted by molar-refractivity contribution is 7.89. The van der Waals surface area contributed by atoms with Crippen LogP contribution in [0.4, 0.5) is 4.39 Å². The Kier molecular flexibility index (Phi) is 6.05. The normalized spacial score (nSPS) is 13.4. The van der Waals surface area contributed by atoms with Crippen LogP contribution in [0, 0.1) is 5.82 Å². The highest BCUT2D eigenvalue weighted by atomic mass is 32.2. The van der Waals surface area contributed by atoms with Crippen LogP contribution < -0.4 is 10.5 Å². The van der Waals surface area contributed by atoms with Crippen LogP contribution in [-0.4, -0.2) is 31.2 Å². The van der Waals surface area contributed by atoms with Gasteiger partial charge in [0.15, 0.2) is 0 Å². The van der Waals surface area contributed by atoms with E-state index in [0.29, 0.717) is 12.2 Å². The minimum atomic E-state index is -3.79. The minimum absolute atomic E-state index is 0.0333. The van der Waals surface area contributed by atoms with Gasteiger partial charge in [0.2, 0.25) is 10.0 Å². The van der Waals surface area contributed by atoms with Crippen molar-refractivity contribution in [1.82, 2.24) is 4.72 Å². The molecule has 0 amide bonds. The van der Waals surface area contributed by atoms with Crippen LogP contribution in [0.2, 0.25) is 0 Å².